The molecule has 3 heteroatoms. The molecule has 0 bridgehead atoms. The summed E-state index contributed by atoms with van der Waals surface area (Å²) in [7, 11) is 0. The zero-order valence-corrected chi connectivity index (χ0v) is 26.0. The summed E-state index contributed by atoms with van der Waals surface area (Å²) in [6.07, 6.45) is 0. The van der Waals surface area contributed by atoms with Crippen LogP contribution in [0.3, 0.4) is 0 Å². The molecule has 216 valence electrons. The first-order chi connectivity index (χ1) is 23.3. The number of benzene rings is 8. The van der Waals surface area contributed by atoms with Crippen LogP contribution >= 0.6 is 11.3 Å². The Balaban J connectivity index is 1.32. The zero-order valence-electron chi connectivity index (χ0n) is 25.2. The number of nitrogens with zero attached hydrogens (tertiary/aromatic N) is 2. The van der Waals surface area contributed by atoms with Crippen LogP contribution in [-0.2, 0) is 0 Å². The van der Waals surface area contributed by atoms with Gasteiger partial charge in [0.25, 0.3) is 0 Å². The van der Waals surface area contributed by atoms with Crippen LogP contribution < -0.4 is 0 Å². The molecule has 47 heavy (non-hydrogen) atoms. The summed E-state index contributed by atoms with van der Waals surface area (Å²) in [5.74, 6) is 0. The molecule has 12 aromatic rings. The lowest BCUT2D eigenvalue weighted by Crippen LogP contribution is -1.93. The molecule has 0 amide bonds. The minimum absolute atomic E-state index is 1.20. The van der Waals surface area contributed by atoms with Crippen molar-refractivity contribution in [1.82, 2.24) is 8.97 Å². The van der Waals surface area contributed by atoms with Gasteiger partial charge >= 0.3 is 0 Å². The Morgan fingerprint density at radius 2 is 1.04 bits per heavy atom. The number of fused-ring (bicyclic) bond motifs is 11. The molecule has 0 saturated carbocycles. The molecule has 0 aliphatic rings. The molecule has 8 aromatic carbocycles. The predicted octanol–water partition coefficient (Wildman–Crippen LogP) is 12.6. The van der Waals surface area contributed by atoms with Crippen molar-refractivity contribution in [2.24, 2.45) is 0 Å². The summed E-state index contributed by atoms with van der Waals surface area (Å²) in [6.45, 7) is 0. The Kier molecular flexibility index (Phi) is 4.39. The lowest BCUT2D eigenvalue weighted by Gasteiger charge is -2.10. The van der Waals surface area contributed by atoms with Gasteiger partial charge in [-0.25, -0.2) is 0 Å². The number of aromatic nitrogens is 2. The molecule has 4 aromatic heterocycles. The fraction of sp³-hybridized carbons (Fsp3) is 0. The lowest BCUT2D eigenvalue weighted by atomic mass is 9.99. The van der Waals surface area contributed by atoms with Crippen molar-refractivity contribution in [1.29, 1.82) is 0 Å². The van der Waals surface area contributed by atoms with Crippen LogP contribution in [-0.4, -0.2) is 8.97 Å². The summed E-state index contributed by atoms with van der Waals surface area (Å²) in [6, 6.07) is 54.5. The van der Waals surface area contributed by atoms with Gasteiger partial charge in [0.15, 0.2) is 0 Å². The second kappa shape index (κ2) is 8.47. The summed E-state index contributed by atoms with van der Waals surface area (Å²) in [5, 5.41) is 15.5. The van der Waals surface area contributed by atoms with E-state index in [0.29, 0.717) is 0 Å². The lowest BCUT2D eigenvalue weighted by molar-refractivity contribution is 1.19. The standard InChI is InChI=1S/C44H24N2S/c1-3-10-28-22-38-33(20-26(28)8-1)31-14-7-12-25-16-18-37-42(41(25)31)44-43(32-13-5-6-15-36(32)46(38)44)45(37)30-17-19-39-35(24-30)34-21-27-9-2-4-11-29(27)23-40(34)47-39/h1-24H. The average Bonchev–Trinajstić information content (AvgIpc) is 3.73. The van der Waals surface area contributed by atoms with Gasteiger partial charge < -0.3 is 8.97 Å². The molecule has 0 unspecified atom stereocenters. The van der Waals surface area contributed by atoms with Gasteiger partial charge in [-0.3, -0.25) is 0 Å². The first-order valence-electron chi connectivity index (χ1n) is 16.2. The van der Waals surface area contributed by atoms with E-state index in [1.54, 1.807) is 0 Å². The second-order valence-corrected chi connectivity index (χ2v) is 14.0. The molecule has 0 spiro atoms. The van der Waals surface area contributed by atoms with Crippen LogP contribution in [0.15, 0.2) is 146 Å². The molecule has 0 aliphatic heterocycles. The van der Waals surface area contributed by atoms with Crippen molar-refractivity contribution in [2.45, 2.75) is 0 Å². The molecule has 0 N–H and O–H groups in total. The third-order valence-electron chi connectivity index (χ3n) is 10.5. The van der Waals surface area contributed by atoms with E-state index in [0.717, 1.165) is 0 Å². The van der Waals surface area contributed by atoms with Crippen molar-refractivity contribution in [3.8, 4) is 5.69 Å². The normalized spacial score (nSPS) is 12.7. The van der Waals surface area contributed by atoms with Gasteiger partial charge in [0.05, 0.1) is 27.6 Å². The molecule has 0 radical (unpaired) electrons. The topological polar surface area (TPSA) is 9.34 Å². The monoisotopic (exact) mass is 612 g/mol. The summed E-state index contributed by atoms with van der Waals surface area (Å²) in [4.78, 5) is 0. The minimum Gasteiger partial charge on any atom is -0.307 e. The number of para-hydroxylation sites is 1. The summed E-state index contributed by atoms with van der Waals surface area (Å²) < 4.78 is 7.75. The van der Waals surface area contributed by atoms with E-state index in [9.17, 15) is 0 Å². The van der Waals surface area contributed by atoms with Crippen molar-refractivity contribution >= 4 is 113 Å². The first kappa shape index (κ1) is 24.3. The second-order valence-electron chi connectivity index (χ2n) is 12.9. The van der Waals surface area contributed by atoms with E-state index in [1.807, 2.05) is 11.3 Å². The van der Waals surface area contributed by atoms with Crippen LogP contribution in [0.5, 0.6) is 0 Å². The third kappa shape index (κ3) is 3.01. The first-order valence-corrected chi connectivity index (χ1v) is 17.0. The smallest absolute Gasteiger partial charge is 0.0810 e. The fourth-order valence-corrected chi connectivity index (χ4v) is 9.67. The third-order valence-corrected chi connectivity index (χ3v) is 11.7. The molecule has 2 nitrogen and oxygen atoms in total. The van der Waals surface area contributed by atoms with E-state index in [4.69, 9.17) is 0 Å². The Morgan fingerprint density at radius 3 is 1.89 bits per heavy atom. The highest BCUT2D eigenvalue weighted by Crippen LogP contribution is 2.47. The Morgan fingerprint density at radius 1 is 0.362 bits per heavy atom. The van der Waals surface area contributed by atoms with Crippen molar-refractivity contribution in [3.05, 3.63) is 146 Å². The number of hydrogen-bond acceptors (Lipinski definition) is 1. The van der Waals surface area contributed by atoms with E-state index < -0.39 is 0 Å². The highest BCUT2D eigenvalue weighted by molar-refractivity contribution is 7.25. The van der Waals surface area contributed by atoms with E-state index in [2.05, 4.69) is 155 Å². The van der Waals surface area contributed by atoms with Gasteiger partial charge in [-0.15, -0.1) is 11.3 Å². The molecule has 12 rings (SSSR count). The highest BCUT2D eigenvalue weighted by Gasteiger charge is 2.25. The van der Waals surface area contributed by atoms with E-state index >= 15 is 0 Å². The van der Waals surface area contributed by atoms with Gasteiger partial charge in [-0.1, -0.05) is 91.0 Å². The number of rotatable bonds is 1. The minimum atomic E-state index is 1.20. The van der Waals surface area contributed by atoms with Crippen LogP contribution in [0.4, 0.5) is 0 Å². The molecule has 4 heterocycles. The van der Waals surface area contributed by atoms with E-state index in [1.165, 1.54) is 107 Å². The highest BCUT2D eigenvalue weighted by atomic mass is 32.1. The Hall–Kier alpha value is -5.90. The van der Waals surface area contributed by atoms with E-state index in [-0.39, 0.29) is 0 Å². The maximum atomic E-state index is 2.55. The Labute approximate surface area is 272 Å². The quantitative estimate of drug-likeness (QED) is 0.174. The van der Waals surface area contributed by atoms with Crippen LogP contribution in [0.2, 0.25) is 0 Å². The van der Waals surface area contributed by atoms with Crippen molar-refractivity contribution in [3.63, 3.8) is 0 Å². The molecule has 0 fully saturated rings. The van der Waals surface area contributed by atoms with Gasteiger partial charge in [-0.2, -0.15) is 0 Å². The molecular formula is C44H24N2S. The number of thiophene rings is 1. The maximum Gasteiger partial charge on any atom is 0.0810 e. The molecular weight excluding hydrogens is 589 g/mol. The van der Waals surface area contributed by atoms with Crippen LogP contribution in [0.25, 0.3) is 107 Å². The Bertz CT molecular complexity index is 3300. The van der Waals surface area contributed by atoms with Gasteiger partial charge in [-0.05, 0) is 86.9 Å². The maximum absolute atomic E-state index is 2.55. The molecule has 0 aliphatic carbocycles. The fourth-order valence-electron chi connectivity index (χ4n) is 8.56. The summed E-state index contributed by atoms with van der Waals surface area (Å²) >= 11 is 1.89. The predicted molar refractivity (Wildman–Crippen MR) is 203 cm³/mol. The zero-order chi connectivity index (χ0) is 30.4. The largest absolute Gasteiger partial charge is 0.307 e. The molecule has 0 saturated heterocycles. The van der Waals surface area contributed by atoms with Crippen LogP contribution in [0, 0.1) is 0 Å². The average molecular weight is 613 g/mol. The van der Waals surface area contributed by atoms with Crippen molar-refractivity contribution in [2.75, 3.05) is 0 Å². The molecule has 0 atom stereocenters. The van der Waals surface area contributed by atoms with Crippen molar-refractivity contribution < 1.29 is 0 Å². The van der Waals surface area contributed by atoms with Gasteiger partial charge in [0.1, 0.15) is 0 Å². The van der Waals surface area contributed by atoms with Gasteiger partial charge in [0, 0.05) is 47.4 Å². The number of hydrogen-bond donors (Lipinski definition) is 0. The summed E-state index contributed by atoms with van der Waals surface area (Å²) in [5.41, 5.74) is 7.48. The van der Waals surface area contributed by atoms with Crippen LogP contribution in [0.1, 0.15) is 0 Å². The van der Waals surface area contributed by atoms with Gasteiger partial charge in [0.2, 0.25) is 0 Å². The SMILES string of the molecule is c1ccc2cc3c(cc2c1)sc1ccc(-n2c4ccc5cccc6c7cc8ccccc8cc7n7c8ccccc8c2c7c4c56)cc13.